The number of aryl methyl sites for hydroxylation is 2. The predicted molar refractivity (Wildman–Crippen MR) is 70.6 cm³/mol. The van der Waals surface area contributed by atoms with Gasteiger partial charge in [-0.05, 0) is 43.5 Å². The molecule has 96 valence electrons. The molecule has 0 unspecified atom stereocenters. The van der Waals surface area contributed by atoms with Crippen LogP contribution in [0.5, 0.6) is 5.75 Å². The van der Waals surface area contributed by atoms with Gasteiger partial charge >= 0.3 is 0 Å². The first-order valence-corrected chi connectivity index (χ1v) is 5.95. The van der Waals surface area contributed by atoms with Crippen molar-refractivity contribution in [3.05, 3.63) is 28.8 Å². The molecule has 3 heteroatoms. The van der Waals surface area contributed by atoms with Crippen LogP contribution in [-0.4, -0.2) is 26.9 Å². The van der Waals surface area contributed by atoms with Gasteiger partial charge in [-0.1, -0.05) is 6.07 Å². The van der Waals surface area contributed by atoms with E-state index < -0.39 is 0 Å². The third kappa shape index (κ3) is 4.02. The average molecular weight is 237 g/mol. The van der Waals surface area contributed by atoms with Gasteiger partial charge in [-0.25, -0.2) is 0 Å². The van der Waals surface area contributed by atoms with E-state index in [1.807, 2.05) is 0 Å². The highest BCUT2D eigenvalue weighted by atomic mass is 16.5. The molecule has 0 saturated carbocycles. The molecule has 1 atom stereocenters. The number of ether oxygens (including phenoxy) is 2. The lowest BCUT2D eigenvalue weighted by Gasteiger charge is -2.15. The smallest absolute Gasteiger partial charge is 0.122 e. The number of rotatable bonds is 6. The SMILES string of the molecule is COC[C@@H](C)NCc1cc(C)c(OC)cc1C. The molecular weight excluding hydrogens is 214 g/mol. The van der Waals surface area contributed by atoms with Crippen LogP contribution in [0, 0.1) is 13.8 Å². The van der Waals surface area contributed by atoms with E-state index in [0.29, 0.717) is 6.04 Å². The van der Waals surface area contributed by atoms with Crippen LogP contribution in [0.2, 0.25) is 0 Å². The van der Waals surface area contributed by atoms with Gasteiger partial charge in [0.05, 0.1) is 13.7 Å². The Hall–Kier alpha value is -1.06. The van der Waals surface area contributed by atoms with Crippen LogP contribution in [0.15, 0.2) is 12.1 Å². The number of hydrogen-bond donors (Lipinski definition) is 1. The van der Waals surface area contributed by atoms with Crippen molar-refractivity contribution in [3.8, 4) is 5.75 Å². The highest BCUT2D eigenvalue weighted by molar-refractivity contribution is 5.41. The molecule has 0 aliphatic carbocycles. The average Bonchev–Trinajstić information content (AvgIpc) is 2.30. The van der Waals surface area contributed by atoms with Crippen LogP contribution >= 0.6 is 0 Å². The summed E-state index contributed by atoms with van der Waals surface area (Å²) in [7, 11) is 3.43. The van der Waals surface area contributed by atoms with E-state index in [9.17, 15) is 0 Å². The monoisotopic (exact) mass is 237 g/mol. The Bertz CT molecular complexity index is 363. The molecule has 0 aromatic heterocycles. The molecule has 0 heterocycles. The summed E-state index contributed by atoms with van der Waals surface area (Å²) in [5, 5.41) is 3.44. The first kappa shape index (κ1) is 14.0. The van der Waals surface area contributed by atoms with E-state index >= 15 is 0 Å². The molecule has 0 fully saturated rings. The predicted octanol–water partition coefficient (Wildman–Crippen LogP) is 2.44. The summed E-state index contributed by atoms with van der Waals surface area (Å²) in [6.07, 6.45) is 0. The first-order valence-electron chi connectivity index (χ1n) is 5.95. The summed E-state index contributed by atoms with van der Waals surface area (Å²) in [4.78, 5) is 0. The quantitative estimate of drug-likeness (QED) is 0.824. The molecule has 1 aromatic carbocycles. The van der Waals surface area contributed by atoms with Crippen molar-refractivity contribution in [1.82, 2.24) is 5.32 Å². The van der Waals surface area contributed by atoms with Crippen molar-refractivity contribution in [1.29, 1.82) is 0 Å². The zero-order valence-electron chi connectivity index (χ0n) is 11.5. The lowest BCUT2D eigenvalue weighted by atomic mass is 10.0. The second-order valence-electron chi connectivity index (χ2n) is 4.49. The second kappa shape index (κ2) is 6.62. The van der Waals surface area contributed by atoms with Gasteiger partial charge < -0.3 is 14.8 Å². The lowest BCUT2D eigenvalue weighted by Crippen LogP contribution is -2.29. The fraction of sp³-hybridized carbons (Fsp3) is 0.571. The molecule has 17 heavy (non-hydrogen) atoms. The maximum Gasteiger partial charge on any atom is 0.122 e. The Morgan fingerprint density at radius 1 is 1.18 bits per heavy atom. The molecule has 0 bridgehead atoms. The van der Waals surface area contributed by atoms with Gasteiger partial charge in [-0.15, -0.1) is 0 Å². The summed E-state index contributed by atoms with van der Waals surface area (Å²) in [6.45, 7) is 7.89. The molecule has 0 amide bonds. The standard InChI is InChI=1S/C14H23NO2/c1-10-7-14(17-5)11(2)6-13(10)8-15-12(3)9-16-4/h6-7,12,15H,8-9H2,1-5H3/t12-/m1/s1. The summed E-state index contributed by atoms with van der Waals surface area (Å²) in [5.41, 5.74) is 3.74. The lowest BCUT2D eigenvalue weighted by molar-refractivity contribution is 0.171. The Balaban J connectivity index is 2.68. The van der Waals surface area contributed by atoms with E-state index in [-0.39, 0.29) is 0 Å². The normalized spacial score (nSPS) is 12.5. The fourth-order valence-corrected chi connectivity index (χ4v) is 1.85. The minimum absolute atomic E-state index is 0.363. The van der Waals surface area contributed by atoms with Crippen molar-refractivity contribution >= 4 is 0 Å². The third-order valence-corrected chi connectivity index (χ3v) is 2.91. The van der Waals surface area contributed by atoms with Crippen LogP contribution in [-0.2, 0) is 11.3 Å². The number of hydrogen-bond acceptors (Lipinski definition) is 3. The van der Waals surface area contributed by atoms with Gasteiger partial charge in [0.1, 0.15) is 5.75 Å². The minimum Gasteiger partial charge on any atom is -0.496 e. The zero-order chi connectivity index (χ0) is 12.8. The molecular formula is C14H23NO2. The summed E-state index contributed by atoms with van der Waals surface area (Å²) < 4.78 is 10.4. The van der Waals surface area contributed by atoms with Gasteiger partial charge in [0, 0.05) is 19.7 Å². The van der Waals surface area contributed by atoms with Gasteiger partial charge in [-0.2, -0.15) is 0 Å². The maximum absolute atomic E-state index is 5.30. The van der Waals surface area contributed by atoms with Crippen molar-refractivity contribution in [2.24, 2.45) is 0 Å². The van der Waals surface area contributed by atoms with Crippen molar-refractivity contribution < 1.29 is 9.47 Å². The summed E-state index contributed by atoms with van der Waals surface area (Å²) >= 11 is 0. The molecule has 1 rings (SSSR count). The van der Waals surface area contributed by atoms with Crippen LogP contribution in [0.1, 0.15) is 23.6 Å². The Morgan fingerprint density at radius 2 is 1.88 bits per heavy atom. The van der Waals surface area contributed by atoms with Gasteiger partial charge in [0.2, 0.25) is 0 Å². The van der Waals surface area contributed by atoms with E-state index in [4.69, 9.17) is 9.47 Å². The number of methoxy groups -OCH3 is 2. The summed E-state index contributed by atoms with van der Waals surface area (Å²) in [5.74, 6) is 0.955. The molecule has 0 spiro atoms. The van der Waals surface area contributed by atoms with Crippen LogP contribution in [0.25, 0.3) is 0 Å². The van der Waals surface area contributed by atoms with E-state index in [1.165, 1.54) is 16.7 Å². The van der Waals surface area contributed by atoms with Crippen molar-refractivity contribution in [3.63, 3.8) is 0 Å². The highest BCUT2D eigenvalue weighted by Gasteiger charge is 2.06. The van der Waals surface area contributed by atoms with E-state index in [0.717, 1.165) is 18.9 Å². The zero-order valence-corrected chi connectivity index (χ0v) is 11.5. The van der Waals surface area contributed by atoms with Crippen LogP contribution in [0.4, 0.5) is 0 Å². The molecule has 1 N–H and O–H groups in total. The van der Waals surface area contributed by atoms with Crippen LogP contribution < -0.4 is 10.1 Å². The van der Waals surface area contributed by atoms with E-state index in [2.05, 4.69) is 38.2 Å². The topological polar surface area (TPSA) is 30.5 Å². The molecule has 1 aromatic rings. The number of nitrogens with one attached hydrogen (secondary N) is 1. The minimum atomic E-state index is 0.363. The molecule has 0 saturated heterocycles. The highest BCUT2D eigenvalue weighted by Crippen LogP contribution is 2.22. The third-order valence-electron chi connectivity index (χ3n) is 2.91. The molecule has 0 radical (unpaired) electrons. The maximum atomic E-state index is 5.30. The van der Waals surface area contributed by atoms with Crippen molar-refractivity contribution in [2.75, 3.05) is 20.8 Å². The van der Waals surface area contributed by atoms with Crippen LogP contribution in [0.3, 0.4) is 0 Å². The first-order chi connectivity index (χ1) is 8.08. The Labute approximate surface area is 104 Å². The van der Waals surface area contributed by atoms with Gasteiger partial charge in [-0.3, -0.25) is 0 Å². The van der Waals surface area contributed by atoms with Gasteiger partial charge in [0.25, 0.3) is 0 Å². The number of benzene rings is 1. The molecule has 0 aliphatic heterocycles. The van der Waals surface area contributed by atoms with Gasteiger partial charge in [0.15, 0.2) is 0 Å². The Morgan fingerprint density at radius 3 is 2.47 bits per heavy atom. The van der Waals surface area contributed by atoms with Crippen molar-refractivity contribution in [2.45, 2.75) is 33.4 Å². The largest absolute Gasteiger partial charge is 0.496 e. The fourth-order valence-electron chi connectivity index (χ4n) is 1.85. The molecule has 0 aliphatic rings. The Kier molecular flexibility index (Phi) is 5.45. The second-order valence-corrected chi connectivity index (χ2v) is 4.49. The summed E-state index contributed by atoms with van der Waals surface area (Å²) in [6, 6.07) is 4.63. The molecule has 3 nitrogen and oxygen atoms in total. The van der Waals surface area contributed by atoms with E-state index in [1.54, 1.807) is 14.2 Å².